The van der Waals surface area contributed by atoms with E-state index in [0.29, 0.717) is 27.6 Å². The first-order chi connectivity index (χ1) is 13.3. The molecule has 0 amide bonds. The normalized spacial score (nSPS) is 10.9. The summed E-state index contributed by atoms with van der Waals surface area (Å²) in [4.78, 5) is 4.66. The van der Waals surface area contributed by atoms with Gasteiger partial charge in [0, 0.05) is 16.7 Å². The van der Waals surface area contributed by atoms with Gasteiger partial charge in [0.05, 0.1) is 10.7 Å². The predicted octanol–water partition coefficient (Wildman–Crippen LogP) is 5.72. The lowest BCUT2D eigenvalue weighted by molar-refractivity contribution is 0.252. The summed E-state index contributed by atoms with van der Waals surface area (Å²) in [7, 11) is 0. The summed E-state index contributed by atoms with van der Waals surface area (Å²) in [6.45, 7) is 0.173. The van der Waals surface area contributed by atoms with Gasteiger partial charge in [-0.2, -0.15) is 0 Å². The Balaban J connectivity index is 1.32. The van der Waals surface area contributed by atoms with Crippen LogP contribution in [0.1, 0.15) is 11.6 Å². The fraction of sp³-hybridized carbons (Fsp3) is 0.105. The quantitative estimate of drug-likeness (QED) is 0.360. The van der Waals surface area contributed by atoms with E-state index in [9.17, 15) is 0 Å². The lowest BCUT2D eigenvalue weighted by Gasteiger charge is -2.04. The van der Waals surface area contributed by atoms with E-state index in [1.807, 2.05) is 35.7 Å². The van der Waals surface area contributed by atoms with Gasteiger partial charge < -0.3 is 9.15 Å². The van der Waals surface area contributed by atoms with Crippen LogP contribution in [0, 0.1) is 0 Å². The van der Waals surface area contributed by atoms with Crippen LogP contribution in [0.25, 0.3) is 10.6 Å². The molecule has 136 valence electrons. The Hall–Kier alpha value is -2.35. The van der Waals surface area contributed by atoms with Crippen molar-refractivity contribution in [1.82, 2.24) is 15.2 Å². The van der Waals surface area contributed by atoms with Crippen molar-refractivity contribution < 1.29 is 9.15 Å². The van der Waals surface area contributed by atoms with Crippen LogP contribution >= 0.6 is 34.7 Å². The van der Waals surface area contributed by atoms with Gasteiger partial charge in [-0.25, -0.2) is 4.98 Å². The van der Waals surface area contributed by atoms with Crippen molar-refractivity contribution in [2.75, 3.05) is 0 Å². The molecule has 27 heavy (non-hydrogen) atoms. The summed E-state index contributed by atoms with van der Waals surface area (Å²) >= 11 is 9.13. The highest BCUT2D eigenvalue weighted by Gasteiger charge is 2.11. The Bertz CT molecular complexity index is 1020. The molecule has 4 rings (SSSR count). The standard InChI is InChI=1S/C19H14ClN3O2S2/c20-15-8-4-5-9-16(15)24-10-17-22-23-19(25-17)27-12-14-11-26-18(21-14)13-6-2-1-3-7-13/h1-9,11H,10,12H2. The number of thiazole rings is 1. The molecule has 0 spiro atoms. The van der Waals surface area contributed by atoms with Crippen LogP contribution in [-0.4, -0.2) is 15.2 Å². The molecule has 0 bridgehead atoms. The number of ether oxygens (including phenoxy) is 1. The number of para-hydroxylation sites is 1. The van der Waals surface area contributed by atoms with Crippen molar-refractivity contribution >= 4 is 34.7 Å². The second-order valence-electron chi connectivity index (χ2n) is 5.48. The van der Waals surface area contributed by atoms with E-state index in [2.05, 4.69) is 27.3 Å². The number of halogens is 1. The zero-order valence-electron chi connectivity index (χ0n) is 14.0. The summed E-state index contributed by atoms with van der Waals surface area (Å²) in [5, 5.41) is 12.1. The minimum absolute atomic E-state index is 0.173. The molecule has 4 aromatic rings. The number of thioether (sulfide) groups is 1. The topological polar surface area (TPSA) is 61.0 Å². The van der Waals surface area contributed by atoms with Gasteiger partial charge in [-0.1, -0.05) is 65.8 Å². The van der Waals surface area contributed by atoms with Crippen molar-refractivity contribution in [3.05, 3.63) is 76.6 Å². The summed E-state index contributed by atoms with van der Waals surface area (Å²) in [5.41, 5.74) is 2.10. The van der Waals surface area contributed by atoms with Gasteiger partial charge in [-0.05, 0) is 12.1 Å². The fourth-order valence-corrected chi connectivity index (χ4v) is 4.07. The average Bonchev–Trinajstić information content (AvgIpc) is 3.36. The first kappa shape index (κ1) is 18.0. The highest BCUT2D eigenvalue weighted by Crippen LogP contribution is 2.28. The van der Waals surface area contributed by atoms with E-state index in [4.69, 9.17) is 20.8 Å². The molecule has 0 aliphatic carbocycles. The molecule has 0 aliphatic heterocycles. The van der Waals surface area contributed by atoms with Crippen LogP contribution in [0.15, 0.2) is 69.6 Å². The van der Waals surface area contributed by atoms with Crippen LogP contribution in [0.2, 0.25) is 5.02 Å². The molecular weight excluding hydrogens is 402 g/mol. The Morgan fingerprint density at radius 2 is 1.85 bits per heavy atom. The third-order valence-electron chi connectivity index (χ3n) is 3.55. The average molecular weight is 416 g/mol. The summed E-state index contributed by atoms with van der Waals surface area (Å²) in [5.74, 6) is 1.65. The Kier molecular flexibility index (Phi) is 5.72. The second kappa shape index (κ2) is 8.56. The number of hydrogen-bond donors (Lipinski definition) is 0. The van der Waals surface area contributed by atoms with Crippen molar-refractivity contribution in [3.8, 4) is 16.3 Å². The third kappa shape index (κ3) is 4.68. The molecule has 0 radical (unpaired) electrons. The molecule has 0 saturated carbocycles. The Morgan fingerprint density at radius 1 is 1.04 bits per heavy atom. The molecule has 5 nitrogen and oxygen atoms in total. The number of aromatic nitrogens is 3. The summed E-state index contributed by atoms with van der Waals surface area (Å²) in [6, 6.07) is 17.4. The molecule has 2 aromatic heterocycles. The van der Waals surface area contributed by atoms with Gasteiger partial charge in [0.25, 0.3) is 11.1 Å². The summed E-state index contributed by atoms with van der Waals surface area (Å²) in [6.07, 6.45) is 0. The van der Waals surface area contributed by atoms with Gasteiger partial charge in [0.15, 0.2) is 6.61 Å². The van der Waals surface area contributed by atoms with Crippen LogP contribution in [0.4, 0.5) is 0 Å². The number of nitrogens with zero attached hydrogens (tertiary/aromatic N) is 3. The Labute approximate surface area is 169 Å². The molecule has 0 saturated heterocycles. The zero-order chi connectivity index (χ0) is 18.5. The first-order valence-corrected chi connectivity index (χ1v) is 10.3. The minimum Gasteiger partial charge on any atom is -0.482 e. The van der Waals surface area contributed by atoms with Gasteiger partial charge in [-0.3, -0.25) is 0 Å². The molecular formula is C19H14ClN3O2S2. The monoisotopic (exact) mass is 415 g/mol. The van der Waals surface area contributed by atoms with Gasteiger partial charge in [0.2, 0.25) is 0 Å². The lowest BCUT2D eigenvalue weighted by atomic mass is 10.2. The largest absolute Gasteiger partial charge is 0.482 e. The molecule has 0 N–H and O–H groups in total. The van der Waals surface area contributed by atoms with E-state index in [1.165, 1.54) is 11.8 Å². The maximum absolute atomic E-state index is 6.06. The highest BCUT2D eigenvalue weighted by molar-refractivity contribution is 7.98. The lowest BCUT2D eigenvalue weighted by Crippen LogP contribution is -1.95. The SMILES string of the molecule is Clc1ccccc1OCc1nnc(SCc2csc(-c3ccccc3)n2)o1. The molecule has 0 unspecified atom stereocenters. The van der Waals surface area contributed by atoms with Crippen LogP contribution < -0.4 is 4.74 Å². The van der Waals surface area contributed by atoms with Crippen LogP contribution in [0.3, 0.4) is 0 Å². The zero-order valence-corrected chi connectivity index (χ0v) is 16.4. The van der Waals surface area contributed by atoms with E-state index >= 15 is 0 Å². The highest BCUT2D eigenvalue weighted by atomic mass is 35.5. The van der Waals surface area contributed by atoms with Crippen molar-refractivity contribution in [1.29, 1.82) is 0 Å². The third-order valence-corrected chi connectivity index (χ3v) is 5.66. The number of benzene rings is 2. The van der Waals surface area contributed by atoms with Crippen LogP contribution in [-0.2, 0) is 12.4 Å². The van der Waals surface area contributed by atoms with Crippen LogP contribution in [0.5, 0.6) is 5.75 Å². The maximum Gasteiger partial charge on any atom is 0.277 e. The molecule has 0 aliphatic rings. The minimum atomic E-state index is 0.173. The Morgan fingerprint density at radius 3 is 2.70 bits per heavy atom. The van der Waals surface area contributed by atoms with Crippen molar-refractivity contribution in [2.45, 2.75) is 17.6 Å². The van der Waals surface area contributed by atoms with Gasteiger partial charge >= 0.3 is 0 Å². The summed E-state index contributed by atoms with van der Waals surface area (Å²) < 4.78 is 11.2. The molecule has 2 heterocycles. The van der Waals surface area contributed by atoms with Gasteiger partial charge in [0.1, 0.15) is 10.8 Å². The molecule has 0 fully saturated rings. The maximum atomic E-state index is 6.06. The smallest absolute Gasteiger partial charge is 0.277 e. The fourth-order valence-electron chi connectivity index (χ4n) is 2.28. The van der Waals surface area contributed by atoms with E-state index in [0.717, 1.165) is 16.3 Å². The number of hydrogen-bond acceptors (Lipinski definition) is 7. The van der Waals surface area contributed by atoms with E-state index in [-0.39, 0.29) is 6.61 Å². The molecule has 0 atom stereocenters. The van der Waals surface area contributed by atoms with Gasteiger partial charge in [-0.15, -0.1) is 21.5 Å². The second-order valence-corrected chi connectivity index (χ2v) is 7.67. The van der Waals surface area contributed by atoms with E-state index in [1.54, 1.807) is 23.5 Å². The first-order valence-electron chi connectivity index (χ1n) is 8.10. The predicted molar refractivity (Wildman–Crippen MR) is 107 cm³/mol. The van der Waals surface area contributed by atoms with Crippen molar-refractivity contribution in [3.63, 3.8) is 0 Å². The van der Waals surface area contributed by atoms with E-state index < -0.39 is 0 Å². The molecule has 8 heteroatoms. The molecule has 2 aromatic carbocycles. The number of rotatable bonds is 7. The van der Waals surface area contributed by atoms with Crippen molar-refractivity contribution in [2.24, 2.45) is 0 Å².